The molecular formula is C35H21N3OSe. The van der Waals surface area contributed by atoms with Gasteiger partial charge in [-0.25, -0.2) is 0 Å². The maximum atomic E-state index is 6.50. The van der Waals surface area contributed by atoms with Gasteiger partial charge in [0.25, 0.3) is 0 Å². The van der Waals surface area contributed by atoms with Crippen LogP contribution in [0.3, 0.4) is 0 Å². The summed E-state index contributed by atoms with van der Waals surface area (Å²) in [5.74, 6) is 1.80. The molecular weight excluding hydrogens is 557 g/mol. The first-order valence-corrected chi connectivity index (χ1v) is 15.0. The molecule has 0 fully saturated rings. The van der Waals surface area contributed by atoms with Gasteiger partial charge in [0.2, 0.25) is 0 Å². The SMILES string of the molecule is c1ccc2c(c1)Oc1ccccc1C21c2ccccc2N(c2ccc3c(c2)[se]c2nccnc23)c2ccccc21. The zero-order valence-corrected chi connectivity index (χ0v) is 23.0. The van der Waals surface area contributed by atoms with Crippen molar-refractivity contribution >= 4 is 51.1 Å². The molecule has 0 aliphatic carbocycles. The van der Waals surface area contributed by atoms with Gasteiger partial charge >= 0.3 is 238 Å². The van der Waals surface area contributed by atoms with E-state index in [0.29, 0.717) is 0 Å². The zero-order valence-electron chi connectivity index (χ0n) is 21.3. The van der Waals surface area contributed by atoms with Crippen LogP contribution in [0.5, 0.6) is 11.5 Å². The number of fused-ring (bicyclic) bond motifs is 11. The molecule has 0 unspecified atom stereocenters. The number of ether oxygens (including phenoxy) is 1. The monoisotopic (exact) mass is 579 g/mol. The van der Waals surface area contributed by atoms with Crippen LogP contribution in [-0.2, 0) is 5.41 Å². The van der Waals surface area contributed by atoms with Gasteiger partial charge in [-0.3, -0.25) is 0 Å². The summed E-state index contributed by atoms with van der Waals surface area (Å²) >= 11 is 0.129. The Balaban J connectivity index is 1.38. The van der Waals surface area contributed by atoms with Crippen LogP contribution >= 0.6 is 0 Å². The van der Waals surface area contributed by atoms with Gasteiger partial charge in [0, 0.05) is 0 Å². The Hall–Kier alpha value is -4.70. The Labute approximate surface area is 236 Å². The molecule has 0 atom stereocenters. The molecule has 2 aliphatic heterocycles. The van der Waals surface area contributed by atoms with Crippen molar-refractivity contribution in [3.05, 3.63) is 150 Å². The molecule has 0 saturated heterocycles. The van der Waals surface area contributed by atoms with E-state index in [1.165, 1.54) is 32.1 Å². The van der Waals surface area contributed by atoms with E-state index in [1.54, 1.807) is 12.4 Å². The van der Waals surface area contributed by atoms with Crippen molar-refractivity contribution in [3.63, 3.8) is 0 Å². The van der Waals surface area contributed by atoms with Crippen LogP contribution in [0.15, 0.2) is 128 Å². The third kappa shape index (κ3) is 2.80. The third-order valence-electron chi connectivity index (χ3n) is 8.25. The van der Waals surface area contributed by atoms with E-state index >= 15 is 0 Å². The first kappa shape index (κ1) is 22.2. The second-order valence-electron chi connectivity index (χ2n) is 10.2. The molecule has 5 aromatic carbocycles. The van der Waals surface area contributed by atoms with Crippen LogP contribution in [0, 0.1) is 0 Å². The van der Waals surface area contributed by atoms with E-state index in [9.17, 15) is 0 Å². The first-order valence-electron chi connectivity index (χ1n) is 13.3. The normalized spacial score (nSPS) is 14.3. The fourth-order valence-corrected chi connectivity index (χ4v) is 8.89. The average molecular weight is 579 g/mol. The number of benzene rings is 5. The predicted octanol–water partition coefficient (Wildman–Crippen LogP) is 8.11. The van der Waals surface area contributed by atoms with E-state index in [4.69, 9.17) is 4.74 Å². The summed E-state index contributed by atoms with van der Waals surface area (Å²) < 4.78 is 8.93. The minimum absolute atomic E-state index is 0.129. The van der Waals surface area contributed by atoms with Crippen LogP contribution in [-0.4, -0.2) is 24.5 Å². The summed E-state index contributed by atoms with van der Waals surface area (Å²) in [6, 6.07) is 41.5. The second-order valence-corrected chi connectivity index (χ2v) is 12.4. The number of aromatic nitrogens is 2. The van der Waals surface area contributed by atoms with Gasteiger partial charge in [-0.1, -0.05) is 0 Å². The number of rotatable bonds is 1. The minimum atomic E-state index is -0.514. The van der Waals surface area contributed by atoms with Gasteiger partial charge in [0.1, 0.15) is 0 Å². The van der Waals surface area contributed by atoms with Gasteiger partial charge in [-0.05, 0) is 0 Å². The van der Waals surface area contributed by atoms with E-state index in [0.717, 1.165) is 38.2 Å². The van der Waals surface area contributed by atoms with Crippen LogP contribution < -0.4 is 9.64 Å². The number of para-hydroxylation sites is 4. The number of anilines is 3. The fourth-order valence-electron chi connectivity index (χ4n) is 6.72. The first-order chi connectivity index (χ1) is 19.8. The van der Waals surface area contributed by atoms with Crippen molar-refractivity contribution in [2.45, 2.75) is 5.41 Å². The van der Waals surface area contributed by atoms with Gasteiger partial charge in [0.15, 0.2) is 0 Å². The van der Waals surface area contributed by atoms with Crippen LogP contribution in [0.1, 0.15) is 22.3 Å². The summed E-state index contributed by atoms with van der Waals surface area (Å²) in [6.45, 7) is 0. The molecule has 4 heterocycles. The summed E-state index contributed by atoms with van der Waals surface area (Å²) in [5, 5.41) is 1.20. The maximum absolute atomic E-state index is 6.50. The van der Waals surface area contributed by atoms with E-state index < -0.39 is 5.41 Å². The van der Waals surface area contributed by atoms with Gasteiger partial charge in [0.05, 0.1) is 0 Å². The van der Waals surface area contributed by atoms with Crippen molar-refractivity contribution < 1.29 is 4.74 Å². The number of hydrogen-bond donors (Lipinski definition) is 0. The van der Waals surface area contributed by atoms with Crippen LogP contribution in [0.4, 0.5) is 17.1 Å². The Bertz CT molecular complexity index is 2040. The standard InChI is InChI=1S/C35H21N3OSe/c1-5-13-28-24(9-1)35(26-11-3-7-15-30(26)39-31-16-8-4-12-27(31)35)25-10-2-6-14-29(25)38(28)22-17-18-23-32(21-22)40-34-33(23)36-19-20-37-34/h1-21H. The average Bonchev–Trinajstić information content (AvgIpc) is 3.39. The van der Waals surface area contributed by atoms with Crippen molar-refractivity contribution in [2.75, 3.05) is 4.90 Å². The Morgan fingerprint density at radius 3 is 1.85 bits per heavy atom. The van der Waals surface area contributed by atoms with Crippen LogP contribution in [0.2, 0.25) is 0 Å². The second kappa shape index (κ2) is 8.15. The predicted molar refractivity (Wildman–Crippen MR) is 161 cm³/mol. The van der Waals surface area contributed by atoms with Gasteiger partial charge < -0.3 is 0 Å². The van der Waals surface area contributed by atoms with E-state index in [1.807, 2.05) is 0 Å². The molecule has 4 nitrogen and oxygen atoms in total. The van der Waals surface area contributed by atoms with E-state index in [-0.39, 0.29) is 14.5 Å². The molecule has 40 heavy (non-hydrogen) atoms. The topological polar surface area (TPSA) is 38.2 Å². The van der Waals surface area contributed by atoms with Crippen molar-refractivity contribution in [3.8, 4) is 11.5 Å². The summed E-state index contributed by atoms with van der Waals surface area (Å²) in [6.07, 6.45) is 3.59. The van der Waals surface area contributed by atoms with Crippen molar-refractivity contribution in [1.29, 1.82) is 0 Å². The molecule has 2 aliphatic rings. The van der Waals surface area contributed by atoms with Crippen molar-refractivity contribution in [1.82, 2.24) is 9.97 Å². The number of nitrogens with zero attached hydrogens (tertiary/aromatic N) is 3. The Morgan fingerprint density at radius 1 is 0.600 bits per heavy atom. The number of hydrogen-bond acceptors (Lipinski definition) is 4. The molecule has 9 rings (SSSR count). The molecule has 2 aromatic heterocycles. The van der Waals surface area contributed by atoms with Gasteiger partial charge in [-0.2, -0.15) is 0 Å². The molecule has 5 heteroatoms. The zero-order chi connectivity index (χ0) is 26.3. The van der Waals surface area contributed by atoms with E-state index in [2.05, 4.69) is 130 Å². The molecule has 0 radical (unpaired) electrons. The Morgan fingerprint density at radius 2 is 1.18 bits per heavy atom. The molecule has 7 aromatic rings. The Kier molecular flexibility index (Phi) is 4.51. The summed E-state index contributed by atoms with van der Waals surface area (Å²) in [7, 11) is 0. The van der Waals surface area contributed by atoms with Crippen LogP contribution in [0.25, 0.3) is 19.6 Å². The molecule has 188 valence electrons. The molecule has 0 saturated carbocycles. The molecule has 0 bridgehead atoms. The summed E-state index contributed by atoms with van der Waals surface area (Å²) in [5.41, 5.74) is 8.83. The molecule has 0 amide bonds. The molecule has 0 N–H and O–H groups in total. The van der Waals surface area contributed by atoms with Gasteiger partial charge in [-0.15, -0.1) is 0 Å². The molecule has 1 spiro atoms. The third-order valence-corrected chi connectivity index (χ3v) is 10.5. The fraction of sp³-hybridized carbons (Fsp3) is 0.0286. The quantitative estimate of drug-likeness (QED) is 0.185. The summed E-state index contributed by atoms with van der Waals surface area (Å²) in [4.78, 5) is 11.7. The van der Waals surface area contributed by atoms with Crippen molar-refractivity contribution in [2.24, 2.45) is 0 Å².